The van der Waals surface area contributed by atoms with Gasteiger partial charge in [-0.1, -0.05) is 30.3 Å². The molecule has 0 aliphatic carbocycles. The van der Waals surface area contributed by atoms with Crippen molar-refractivity contribution < 1.29 is 47.4 Å². The van der Waals surface area contributed by atoms with E-state index in [-0.39, 0.29) is 5.29 Å². The molecule has 0 fully saturated rings. The van der Waals surface area contributed by atoms with Crippen molar-refractivity contribution in [2.45, 2.75) is 5.34 Å². The van der Waals surface area contributed by atoms with Crippen LogP contribution in [0, 0.1) is 0 Å². The number of methoxy groups -OCH3 is 5. The average molecular weight is 454 g/mol. The molecule has 1 aromatic rings. The number of carbonyl (C=O) groups excluding carboxylic acids is 4. The standard InChI is InChI=1S/C20H23O10P/c1-25-16(21)13-14(17(22)26-2)20(29-5,19(24)28-4)31(30-6,15(13)18(23)27-3)12-10-8-7-9-11-12/h7-11H,1-6H3. The third-order valence-corrected chi connectivity index (χ3v) is 8.98. The van der Waals surface area contributed by atoms with Crippen molar-refractivity contribution in [2.24, 2.45) is 0 Å². The lowest BCUT2D eigenvalue weighted by molar-refractivity contribution is -0.157. The first kappa shape index (κ1) is 24.3. The molecular formula is C20H23O10P. The average Bonchev–Trinajstić information content (AvgIpc) is 3.10. The van der Waals surface area contributed by atoms with Gasteiger partial charge in [0, 0.05) is 19.5 Å². The molecular weight excluding hydrogens is 431 g/mol. The van der Waals surface area contributed by atoms with Crippen LogP contribution in [0.3, 0.4) is 0 Å². The summed E-state index contributed by atoms with van der Waals surface area (Å²) in [7, 11) is 2.77. The normalized spacial score (nSPS) is 22.7. The third-order valence-electron chi connectivity index (χ3n) is 4.89. The van der Waals surface area contributed by atoms with Crippen molar-refractivity contribution in [1.82, 2.24) is 0 Å². The molecule has 0 spiro atoms. The molecule has 1 heterocycles. The number of ether oxygens (including phenoxy) is 5. The summed E-state index contributed by atoms with van der Waals surface area (Å²) in [5, 5.41) is -2.41. The van der Waals surface area contributed by atoms with E-state index in [1.54, 1.807) is 30.3 Å². The van der Waals surface area contributed by atoms with Gasteiger partial charge in [0.05, 0.1) is 41.1 Å². The molecule has 1 aliphatic rings. The second-order valence-electron chi connectivity index (χ2n) is 6.04. The van der Waals surface area contributed by atoms with Gasteiger partial charge in [0.2, 0.25) is 5.34 Å². The van der Waals surface area contributed by atoms with E-state index in [1.165, 1.54) is 7.11 Å². The lowest BCUT2D eigenvalue weighted by Crippen LogP contribution is -2.48. The Morgan fingerprint density at radius 2 is 1.29 bits per heavy atom. The molecule has 168 valence electrons. The molecule has 1 aromatic carbocycles. The molecule has 31 heavy (non-hydrogen) atoms. The van der Waals surface area contributed by atoms with E-state index in [0.29, 0.717) is 5.30 Å². The largest absolute Gasteiger partial charge is 0.466 e. The van der Waals surface area contributed by atoms with Crippen LogP contribution in [0.25, 0.3) is 0 Å². The quantitative estimate of drug-likeness (QED) is 0.325. The van der Waals surface area contributed by atoms with Crippen LogP contribution in [0.5, 0.6) is 0 Å². The van der Waals surface area contributed by atoms with E-state index in [2.05, 4.69) is 0 Å². The summed E-state index contributed by atoms with van der Waals surface area (Å²) < 4.78 is 31.1. The highest BCUT2D eigenvalue weighted by Gasteiger charge is 2.68. The zero-order valence-electron chi connectivity index (χ0n) is 17.9. The number of esters is 4. The van der Waals surface area contributed by atoms with Gasteiger partial charge in [-0.3, -0.25) is 0 Å². The fraction of sp³-hybridized carbons (Fsp3) is 0.350. The molecule has 2 unspecified atom stereocenters. The minimum absolute atomic E-state index is 0.311. The minimum atomic E-state index is -3.85. The Bertz CT molecular complexity index is 994. The Labute approximate surface area is 179 Å². The van der Waals surface area contributed by atoms with Crippen LogP contribution in [0.2, 0.25) is 0 Å². The van der Waals surface area contributed by atoms with Crippen LogP contribution < -0.4 is 5.30 Å². The van der Waals surface area contributed by atoms with Gasteiger partial charge in [-0.2, -0.15) is 0 Å². The second kappa shape index (κ2) is 9.47. The molecule has 0 amide bonds. The first-order chi connectivity index (χ1) is 14.8. The molecule has 2 rings (SSSR count). The number of hydrogen-bond acceptors (Lipinski definition) is 10. The molecule has 10 nitrogen and oxygen atoms in total. The van der Waals surface area contributed by atoms with Gasteiger partial charge in [-0.05, 0) is 0 Å². The van der Waals surface area contributed by atoms with Gasteiger partial charge in [-0.25, -0.2) is 19.2 Å². The van der Waals surface area contributed by atoms with Crippen molar-refractivity contribution in [2.75, 3.05) is 42.7 Å². The minimum Gasteiger partial charge on any atom is -0.466 e. The molecule has 0 N–H and O–H groups in total. The Morgan fingerprint density at radius 1 is 0.742 bits per heavy atom. The zero-order chi connectivity index (χ0) is 23.4. The Balaban J connectivity index is 3.32. The van der Waals surface area contributed by atoms with Crippen molar-refractivity contribution in [3.63, 3.8) is 0 Å². The molecule has 2 atom stereocenters. The van der Waals surface area contributed by atoms with Crippen LogP contribution in [-0.4, -0.2) is 77.2 Å². The Kier molecular flexibility index (Phi) is 7.43. The number of benzene rings is 1. The summed E-state index contributed by atoms with van der Waals surface area (Å²) in [5.41, 5.74) is -1.11. The first-order valence-corrected chi connectivity index (χ1v) is 10.5. The number of rotatable bonds is 7. The summed E-state index contributed by atoms with van der Waals surface area (Å²) in [5.74, 6) is -4.27. The van der Waals surface area contributed by atoms with E-state index in [1.807, 2.05) is 0 Å². The van der Waals surface area contributed by atoms with E-state index in [0.717, 1.165) is 35.5 Å². The summed E-state index contributed by atoms with van der Waals surface area (Å²) in [4.78, 5) is 52.2. The van der Waals surface area contributed by atoms with Crippen molar-refractivity contribution in [3.05, 3.63) is 41.5 Å². The molecule has 1 aliphatic heterocycles. The molecule has 0 saturated carbocycles. The van der Waals surface area contributed by atoms with Crippen LogP contribution in [-0.2, 0) is 47.4 Å². The highest BCUT2D eigenvalue weighted by atomic mass is 31.2. The summed E-state index contributed by atoms with van der Waals surface area (Å²) in [6.07, 6.45) is 0. The summed E-state index contributed by atoms with van der Waals surface area (Å²) >= 11 is 0. The Morgan fingerprint density at radius 3 is 1.71 bits per heavy atom. The molecule has 11 heteroatoms. The predicted octanol–water partition coefficient (Wildman–Crippen LogP) is 0.408. The van der Waals surface area contributed by atoms with Gasteiger partial charge in [0.25, 0.3) is 0 Å². The van der Waals surface area contributed by atoms with Crippen molar-refractivity contribution >= 4 is 41.6 Å². The van der Waals surface area contributed by atoms with Crippen molar-refractivity contribution in [3.8, 4) is 0 Å². The van der Waals surface area contributed by atoms with E-state index < -0.39 is 47.5 Å². The van der Waals surface area contributed by atoms with E-state index in [4.69, 9.17) is 28.2 Å². The lowest BCUT2D eigenvalue weighted by atomic mass is 9.99. The predicted molar refractivity (Wildman–Crippen MR) is 110 cm³/mol. The number of carbonyl (C=O) groups is 4. The van der Waals surface area contributed by atoms with Gasteiger partial charge >= 0.3 is 23.9 Å². The SMILES string of the molecule is COC(=O)C1=C(C(=O)OC)C(OC)(C(=O)OC)P(OC)(c2ccccc2)=C1C(=O)OC. The van der Waals surface area contributed by atoms with Gasteiger partial charge in [0.15, 0.2) is 0 Å². The molecule has 0 aromatic heterocycles. The van der Waals surface area contributed by atoms with Gasteiger partial charge < -0.3 is 28.2 Å². The maximum atomic E-state index is 13.3. The summed E-state index contributed by atoms with van der Waals surface area (Å²) in [6, 6.07) is 8.12. The zero-order valence-corrected chi connectivity index (χ0v) is 18.8. The monoisotopic (exact) mass is 454 g/mol. The van der Waals surface area contributed by atoms with E-state index >= 15 is 0 Å². The first-order valence-electron chi connectivity index (χ1n) is 8.80. The van der Waals surface area contributed by atoms with Gasteiger partial charge in [0.1, 0.15) is 10.9 Å². The highest BCUT2D eigenvalue weighted by molar-refractivity contribution is 7.83. The van der Waals surface area contributed by atoms with Crippen LogP contribution in [0.1, 0.15) is 0 Å². The van der Waals surface area contributed by atoms with Crippen LogP contribution in [0.15, 0.2) is 41.5 Å². The fourth-order valence-corrected chi connectivity index (χ4v) is 7.86. The van der Waals surface area contributed by atoms with Crippen molar-refractivity contribution in [1.29, 1.82) is 0 Å². The maximum absolute atomic E-state index is 13.3. The second-order valence-corrected chi connectivity index (χ2v) is 9.22. The smallest absolute Gasteiger partial charge is 0.350 e. The molecule has 0 saturated heterocycles. The van der Waals surface area contributed by atoms with Crippen LogP contribution in [0.4, 0.5) is 0 Å². The number of hydrogen-bond donors (Lipinski definition) is 0. The molecule has 0 radical (unpaired) electrons. The maximum Gasteiger partial charge on any atom is 0.350 e. The Hall–Kier alpha value is -2.94. The lowest BCUT2D eigenvalue weighted by Gasteiger charge is -2.39. The third kappa shape index (κ3) is 3.27. The van der Waals surface area contributed by atoms with Gasteiger partial charge in [-0.15, -0.1) is 0 Å². The highest BCUT2D eigenvalue weighted by Crippen LogP contribution is 2.69. The topological polar surface area (TPSA) is 124 Å². The molecule has 0 bridgehead atoms. The van der Waals surface area contributed by atoms with Crippen LogP contribution >= 0.6 is 7.11 Å². The van der Waals surface area contributed by atoms with E-state index in [9.17, 15) is 19.2 Å². The fourth-order valence-electron chi connectivity index (χ4n) is 3.69. The summed E-state index contributed by atoms with van der Waals surface area (Å²) in [6.45, 7) is 0.